The number of fused-ring (bicyclic) bond motifs is 13. The molecule has 0 spiro atoms. The normalized spacial score (nSPS) is 13.6. The number of hydrogen-bond acceptors (Lipinski definition) is 3. The molecule has 0 fully saturated rings. The summed E-state index contributed by atoms with van der Waals surface area (Å²) < 4.78 is 12.4. The van der Waals surface area contributed by atoms with E-state index in [4.69, 9.17) is 4.42 Å². The van der Waals surface area contributed by atoms with Gasteiger partial charge in [0.2, 0.25) is 0 Å². The quantitative estimate of drug-likeness (QED) is 0.142. The van der Waals surface area contributed by atoms with Gasteiger partial charge < -0.3 is 23.4 Å². The Balaban J connectivity index is 1.04. The number of nitrogens with zero attached hydrogens (tertiary/aromatic N) is 4. The molecular weight excluding hydrogens is 1430 g/mol. The Labute approximate surface area is 698 Å². The van der Waals surface area contributed by atoms with Gasteiger partial charge in [-0.15, -0.1) is 0 Å². The highest BCUT2D eigenvalue weighted by Gasteiger charge is 2.47. The summed E-state index contributed by atoms with van der Waals surface area (Å²) in [6, 6.07) is 109. The molecule has 5 nitrogen and oxygen atoms in total. The maximum Gasteiger partial charge on any atom is 0.252 e. The lowest BCUT2D eigenvalue weighted by Crippen LogP contribution is -2.61. The second kappa shape index (κ2) is 26.8. The summed E-state index contributed by atoms with van der Waals surface area (Å²) in [5, 5.41) is 7.08. The molecule has 0 saturated carbocycles. The first-order valence-electron chi connectivity index (χ1n) is 42.6. The van der Waals surface area contributed by atoms with Crippen LogP contribution in [0.15, 0.2) is 283 Å². The number of aromatic nitrogens is 2. The molecule has 2 aliphatic heterocycles. The molecule has 0 aliphatic carbocycles. The van der Waals surface area contributed by atoms with Crippen molar-refractivity contribution in [1.82, 2.24) is 9.13 Å². The fourth-order valence-electron chi connectivity index (χ4n) is 18.9. The highest BCUT2D eigenvalue weighted by atomic mass is 16.3. The molecule has 586 valence electrons. The fourth-order valence-corrected chi connectivity index (χ4v) is 18.9. The topological polar surface area (TPSA) is 29.5 Å². The van der Waals surface area contributed by atoms with Crippen molar-refractivity contribution in [3.63, 3.8) is 0 Å². The second-order valence-electron chi connectivity index (χ2n) is 41.1. The molecule has 0 atom stereocenters. The van der Waals surface area contributed by atoms with Crippen molar-refractivity contribution in [3.05, 3.63) is 318 Å². The van der Waals surface area contributed by atoms with Crippen LogP contribution >= 0.6 is 0 Å². The molecule has 0 amide bonds. The minimum absolute atomic E-state index is 0.0819. The van der Waals surface area contributed by atoms with Crippen molar-refractivity contribution in [2.45, 2.75) is 183 Å². The van der Waals surface area contributed by atoms with Gasteiger partial charge in [0.1, 0.15) is 11.2 Å². The monoisotopic (exact) mass is 1540 g/mol. The highest BCUT2D eigenvalue weighted by molar-refractivity contribution is 7.00. The van der Waals surface area contributed by atoms with Crippen molar-refractivity contribution in [1.29, 1.82) is 0 Å². The largest absolute Gasteiger partial charge is 0.456 e. The van der Waals surface area contributed by atoms with Gasteiger partial charge in [-0.25, -0.2) is 0 Å². The van der Waals surface area contributed by atoms with E-state index in [2.05, 4.69) is 443 Å². The Kier molecular flexibility index (Phi) is 17.3. The van der Waals surface area contributed by atoms with E-state index in [1.165, 1.54) is 93.5 Å². The van der Waals surface area contributed by atoms with Crippen LogP contribution in [0.2, 0.25) is 0 Å². The van der Waals surface area contributed by atoms with Gasteiger partial charge in [0, 0.05) is 72.1 Å². The van der Waals surface area contributed by atoms with Crippen molar-refractivity contribution in [2.75, 3.05) is 9.80 Å². The van der Waals surface area contributed by atoms with Crippen molar-refractivity contribution in [2.24, 2.45) is 0 Å². The maximum absolute atomic E-state index is 7.22. The van der Waals surface area contributed by atoms with E-state index in [-0.39, 0.29) is 44.6 Å². The number of anilines is 6. The molecule has 3 aromatic heterocycles. The SMILES string of the molecule is CC(C)(C)c1cc(-c2ccc3c(c2)N(c2c(-c4ccccc4)ccc4oc5ccccc5c24)c2cc(-n4c5ccc(C(C)(C)C)cc5c5cc(C(C)(C)C)ccc54)cc4c2B3c2ccc(-n3c5ccc(C(C)(C)C)cc5c5cc(C(C)(C)C)ccc53)cc2N4c2c(-c3ccccc3)cc(C(C)(C)C)cc2-c2ccccc2)cc(C(C)(C)C)c1. The smallest absolute Gasteiger partial charge is 0.252 e. The summed E-state index contributed by atoms with van der Waals surface area (Å²) in [6.45, 7) is 49.1. The second-order valence-corrected chi connectivity index (χ2v) is 41.1. The zero-order valence-electron chi connectivity index (χ0n) is 72.8. The van der Waals surface area contributed by atoms with Crippen LogP contribution < -0.4 is 26.2 Å². The highest BCUT2D eigenvalue weighted by Crippen LogP contribution is 2.56. The Hall–Kier alpha value is -11.9. The average molecular weight is 1540 g/mol. The van der Waals surface area contributed by atoms with Crippen LogP contribution in [-0.2, 0) is 37.9 Å². The van der Waals surface area contributed by atoms with Crippen molar-refractivity contribution >= 4 is 123 Å². The van der Waals surface area contributed by atoms with E-state index in [0.717, 1.165) is 117 Å². The Morgan fingerprint density at radius 3 is 1.05 bits per heavy atom. The molecule has 0 saturated heterocycles. The molecular formula is C112H109BN4O. The fraction of sp³-hybridized carbons (Fsp3) is 0.250. The molecule has 0 radical (unpaired) electrons. The van der Waals surface area contributed by atoms with Gasteiger partial charge in [-0.3, -0.25) is 0 Å². The maximum atomic E-state index is 7.22. The lowest BCUT2D eigenvalue weighted by atomic mass is 9.33. The van der Waals surface area contributed by atoms with Gasteiger partial charge in [0.15, 0.2) is 0 Å². The van der Waals surface area contributed by atoms with E-state index in [9.17, 15) is 0 Å². The lowest BCUT2D eigenvalue weighted by Gasteiger charge is -2.46. The predicted octanol–water partition coefficient (Wildman–Crippen LogP) is 29.6. The van der Waals surface area contributed by atoms with Gasteiger partial charge in [-0.05, 0) is 230 Å². The van der Waals surface area contributed by atoms with E-state index in [1.807, 2.05) is 0 Å². The minimum atomic E-state index is -0.316. The standard InChI is InChI=1S/C112H109BN4O/c1-106(2,3)73-42-50-92-86(59-73)87-60-74(107(4,5)6)43-51-93(87)114(92)80-46-49-91-97(65-80)116(104-84(69-35-27-23-28-36-69)63-79(112(19,20)21)64-85(104)70-37-29-24-30-38-70)98-66-81(115-94-52-44-75(108(7,8)9)61-88(94)89-62-76(109(10,11)12)45-53-95(89)115)67-99-103(98)113(91)90-48-41-71(72-55-77(110(13,14)15)58-78(56-72)111(16,17)18)57-96(90)117(99)105-82(68-33-25-22-26-34-68)47-54-101-102(105)83-39-31-32-40-100(83)118-101/h22-67H,1-21H3. The average Bonchev–Trinajstić information content (AvgIpc) is 0.894. The number of rotatable bonds is 8. The molecule has 5 heterocycles. The van der Waals surface area contributed by atoms with E-state index < -0.39 is 0 Å². The molecule has 0 bridgehead atoms. The summed E-state index contributed by atoms with van der Waals surface area (Å²) in [5.41, 5.74) is 36.0. The van der Waals surface area contributed by atoms with Gasteiger partial charge in [-0.2, -0.15) is 0 Å². The van der Waals surface area contributed by atoms with Crippen LogP contribution in [0.1, 0.15) is 184 Å². The molecule has 19 rings (SSSR count). The zero-order chi connectivity index (χ0) is 82.6. The van der Waals surface area contributed by atoms with Gasteiger partial charge in [-0.1, -0.05) is 315 Å². The molecule has 6 heteroatoms. The molecule has 0 N–H and O–H groups in total. The summed E-state index contributed by atoms with van der Waals surface area (Å²) in [7, 11) is 0. The van der Waals surface area contributed by atoms with Gasteiger partial charge >= 0.3 is 0 Å². The van der Waals surface area contributed by atoms with E-state index in [0.29, 0.717) is 0 Å². The van der Waals surface area contributed by atoms with Crippen LogP contribution in [0, 0.1) is 0 Å². The summed E-state index contributed by atoms with van der Waals surface area (Å²) in [4.78, 5) is 5.48. The lowest BCUT2D eigenvalue weighted by molar-refractivity contribution is 0.569. The number of hydrogen-bond donors (Lipinski definition) is 0. The first kappa shape index (κ1) is 76.1. The first-order chi connectivity index (χ1) is 55.9. The molecule has 2 aliphatic rings. The van der Waals surface area contributed by atoms with Crippen LogP contribution in [0.5, 0.6) is 0 Å². The summed E-state index contributed by atoms with van der Waals surface area (Å²) in [6.07, 6.45) is 0. The Morgan fingerprint density at radius 2 is 0.610 bits per heavy atom. The predicted molar refractivity (Wildman–Crippen MR) is 509 cm³/mol. The van der Waals surface area contributed by atoms with E-state index >= 15 is 0 Å². The molecule has 14 aromatic carbocycles. The van der Waals surface area contributed by atoms with E-state index in [1.54, 1.807) is 0 Å². The number of benzene rings is 14. The van der Waals surface area contributed by atoms with Crippen LogP contribution in [0.25, 0.3) is 121 Å². The molecule has 17 aromatic rings. The summed E-state index contributed by atoms with van der Waals surface area (Å²) in [5.74, 6) is 0. The third kappa shape index (κ3) is 12.6. The Morgan fingerprint density at radius 1 is 0.237 bits per heavy atom. The third-order valence-corrected chi connectivity index (χ3v) is 25.7. The van der Waals surface area contributed by atoms with Crippen molar-refractivity contribution < 1.29 is 4.42 Å². The Bertz CT molecular complexity index is 6720. The van der Waals surface area contributed by atoms with Gasteiger partial charge in [0.25, 0.3) is 6.71 Å². The van der Waals surface area contributed by atoms with Gasteiger partial charge in [0.05, 0.1) is 44.5 Å². The van der Waals surface area contributed by atoms with Crippen LogP contribution in [-0.4, -0.2) is 15.8 Å². The number of para-hydroxylation sites is 1. The summed E-state index contributed by atoms with van der Waals surface area (Å²) >= 11 is 0. The van der Waals surface area contributed by atoms with Crippen LogP contribution in [0.3, 0.4) is 0 Å². The molecule has 0 unspecified atom stereocenters. The third-order valence-electron chi connectivity index (χ3n) is 25.7. The van der Waals surface area contributed by atoms with Crippen LogP contribution in [0.4, 0.5) is 34.1 Å². The minimum Gasteiger partial charge on any atom is -0.456 e. The zero-order valence-corrected chi connectivity index (χ0v) is 72.8. The molecule has 118 heavy (non-hydrogen) atoms. The van der Waals surface area contributed by atoms with Crippen molar-refractivity contribution in [3.8, 4) is 55.9 Å². The first-order valence-corrected chi connectivity index (χ1v) is 42.6. The number of furan rings is 1.